The van der Waals surface area contributed by atoms with Crippen LogP contribution in [0.2, 0.25) is 0 Å². The Bertz CT molecular complexity index is 1580. The van der Waals surface area contributed by atoms with Crippen molar-refractivity contribution in [2.24, 2.45) is 0 Å². The van der Waals surface area contributed by atoms with Crippen LogP contribution in [0.1, 0.15) is 21.6 Å². The molecule has 7 nitrogen and oxygen atoms in total. The smallest absolute Gasteiger partial charge is 0.322 e. The first-order valence-electron chi connectivity index (χ1n) is 9.90. The number of carbonyl (C=O) groups is 1. The molecule has 0 saturated heterocycles. The molecule has 0 bridgehead atoms. The first-order chi connectivity index (χ1) is 16.6. The van der Waals surface area contributed by atoms with Crippen molar-refractivity contribution in [2.45, 2.75) is 17.2 Å². The lowest BCUT2D eigenvalue weighted by molar-refractivity contribution is -0.142. The second-order valence-electron chi connectivity index (χ2n) is 7.65. The maximum absolute atomic E-state index is 13.8. The monoisotopic (exact) mass is 528 g/mol. The summed E-state index contributed by atoms with van der Waals surface area (Å²) in [5.74, 6) is -0.930. The van der Waals surface area contributed by atoms with Crippen molar-refractivity contribution in [3.8, 4) is 11.3 Å². The Hall–Kier alpha value is -3.94. The molecule has 2 aromatic carbocycles. The highest BCUT2D eigenvalue weighted by Crippen LogP contribution is 2.34. The van der Waals surface area contributed by atoms with Gasteiger partial charge >= 0.3 is 12.4 Å². The van der Waals surface area contributed by atoms with Crippen LogP contribution in [0, 0.1) is 0 Å². The SMILES string of the molecule is CS(=O)(=O)c1cccc(NC(=O)c2cnn3c(C(F)(F)F)cc(-c4ccc(C(F)(F)F)cc4)nc23)c1. The van der Waals surface area contributed by atoms with Crippen LogP contribution in [0.5, 0.6) is 0 Å². The van der Waals surface area contributed by atoms with Crippen molar-refractivity contribution in [2.75, 3.05) is 11.6 Å². The summed E-state index contributed by atoms with van der Waals surface area (Å²) in [6.07, 6.45) is -7.77. The lowest BCUT2D eigenvalue weighted by Crippen LogP contribution is -2.16. The quantitative estimate of drug-likeness (QED) is 0.373. The van der Waals surface area contributed by atoms with Gasteiger partial charge in [-0.25, -0.2) is 17.9 Å². The molecule has 0 atom stereocenters. The van der Waals surface area contributed by atoms with Gasteiger partial charge in [-0.05, 0) is 36.4 Å². The second-order valence-corrected chi connectivity index (χ2v) is 9.66. The van der Waals surface area contributed by atoms with E-state index in [0.717, 1.165) is 24.6 Å². The van der Waals surface area contributed by atoms with E-state index < -0.39 is 45.0 Å². The maximum Gasteiger partial charge on any atom is 0.433 e. The summed E-state index contributed by atoms with van der Waals surface area (Å²) in [4.78, 5) is 16.8. The summed E-state index contributed by atoms with van der Waals surface area (Å²) in [7, 11) is -3.60. The van der Waals surface area contributed by atoms with E-state index in [0.29, 0.717) is 22.7 Å². The largest absolute Gasteiger partial charge is 0.433 e. The third-order valence-electron chi connectivity index (χ3n) is 5.03. The fraction of sp³-hybridized carbons (Fsp3) is 0.136. The van der Waals surface area contributed by atoms with Crippen LogP contribution in [0.3, 0.4) is 0 Å². The van der Waals surface area contributed by atoms with E-state index in [1.807, 2.05) is 0 Å². The normalized spacial score (nSPS) is 12.6. The van der Waals surface area contributed by atoms with Crippen LogP contribution < -0.4 is 5.32 Å². The number of sulfone groups is 1. The molecule has 2 aromatic heterocycles. The molecule has 0 fully saturated rings. The highest BCUT2D eigenvalue weighted by Gasteiger charge is 2.36. The standard InChI is InChI=1S/C22H14F6N4O3S/c1-36(34,35)15-4-2-3-14(9-15)30-20(33)16-11-29-32-18(22(26,27)28)10-17(31-19(16)32)12-5-7-13(8-6-12)21(23,24)25/h2-11H,1H3,(H,30,33). The van der Waals surface area contributed by atoms with Crippen LogP contribution in [0.4, 0.5) is 32.0 Å². The number of benzene rings is 2. The molecule has 36 heavy (non-hydrogen) atoms. The van der Waals surface area contributed by atoms with Gasteiger partial charge in [-0.2, -0.15) is 31.4 Å². The summed E-state index contributed by atoms with van der Waals surface area (Å²) in [5.41, 5.74) is -3.51. The molecule has 0 aliphatic carbocycles. The number of hydrogen-bond acceptors (Lipinski definition) is 5. The van der Waals surface area contributed by atoms with Gasteiger partial charge in [0.05, 0.1) is 22.3 Å². The molecule has 0 radical (unpaired) electrons. The highest BCUT2D eigenvalue weighted by atomic mass is 32.2. The predicted molar refractivity (Wildman–Crippen MR) is 116 cm³/mol. The molecule has 4 rings (SSSR count). The Morgan fingerprint density at radius 1 is 0.944 bits per heavy atom. The number of nitrogens with zero attached hydrogens (tertiary/aromatic N) is 3. The van der Waals surface area contributed by atoms with Crippen molar-refractivity contribution in [1.29, 1.82) is 0 Å². The highest BCUT2D eigenvalue weighted by molar-refractivity contribution is 7.90. The molecule has 0 spiro atoms. The van der Waals surface area contributed by atoms with Crippen molar-refractivity contribution in [1.82, 2.24) is 14.6 Å². The Morgan fingerprint density at radius 3 is 2.19 bits per heavy atom. The zero-order valence-electron chi connectivity index (χ0n) is 18.0. The molecule has 0 aliphatic heterocycles. The van der Waals surface area contributed by atoms with Crippen LogP contribution in [0.25, 0.3) is 16.9 Å². The number of carbonyl (C=O) groups excluding carboxylic acids is 1. The molecule has 0 aliphatic rings. The van der Waals surface area contributed by atoms with Crippen LogP contribution in [-0.2, 0) is 22.2 Å². The van der Waals surface area contributed by atoms with Gasteiger partial charge in [0.1, 0.15) is 5.56 Å². The summed E-state index contributed by atoms with van der Waals surface area (Å²) < 4.78 is 104. The van der Waals surface area contributed by atoms with Crippen molar-refractivity contribution >= 4 is 27.1 Å². The number of rotatable bonds is 4. The van der Waals surface area contributed by atoms with Gasteiger partial charge < -0.3 is 5.32 Å². The minimum Gasteiger partial charge on any atom is -0.322 e. The first-order valence-corrected chi connectivity index (χ1v) is 11.8. The fourth-order valence-corrected chi connectivity index (χ4v) is 3.97. The number of amides is 1. The Kier molecular flexibility index (Phi) is 6.02. The van der Waals surface area contributed by atoms with E-state index in [1.54, 1.807) is 0 Å². The topological polar surface area (TPSA) is 93.4 Å². The van der Waals surface area contributed by atoms with Crippen LogP contribution >= 0.6 is 0 Å². The van der Waals surface area contributed by atoms with Crippen LogP contribution in [-0.4, -0.2) is 35.2 Å². The molecule has 2 heterocycles. The molecule has 0 unspecified atom stereocenters. The second kappa shape index (κ2) is 8.62. The number of halogens is 6. The molecule has 0 saturated carbocycles. The minimum absolute atomic E-state index is 0.0515. The summed E-state index contributed by atoms with van der Waals surface area (Å²) in [5, 5.41) is 6.00. The number of anilines is 1. The number of hydrogen-bond donors (Lipinski definition) is 1. The molecule has 1 amide bonds. The average Bonchev–Trinajstić information content (AvgIpc) is 3.21. The third kappa shape index (κ3) is 5.03. The average molecular weight is 528 g/mol. The van der Waals surface area contributed by atoms with Gasteiger partial charge in [0.25, 0.3) is 5.91 Å². The molecule has 1 N–H and O–H groups in total. The van der Waals surface area contributed by atoms with Gasteiger partial charge in [-0.15, -0.1) is 0 Å². The lowest BCUT2D eigenvalue weighted by atomic mass is 10.1. The van der Waals surface area contributed by atoms with Gasteiger partial charge in [-0.1, -0.05) is 18.2 Å². The Morgan fingerprint density at radius 2 is 1.61 bits per heavy atom. The Labute approximate surface area is 199 Å². The van der Waals surface area contributed by atoms with Crippen molar-refractivity contribution in [3.05, 3.63) is 77.6 Å². The summed E-state index contributed by atoms with van der Waals surface area (Å²) >= 11 is 0. The summed E-state index contributed by atoms with van der Waals surface area (Å²) in [6.45, 7) is 0. The van der Waals surface area contributed by atoms with E-state index in [4.69, 9.17) is 0 Å². The molecule has 14 heteroatoms. The van der Waals surface area contributed by atoms with Crippen LogP contribution in [0.15, 0.2) is 65.7 Å². The molecular formula is C22H14F6N4O3S. The zero-order valence-corrected chi connectivity index (χ0v) is 18.8. The van der Waals surface area contributed by atoms with Gasteiger partial charge in [-0.3, -0.25) is 4.79 Å². The van der Waals surface area contributed by atoms with Gasteiger partial charge in [0.15, 0.2) is 21.2 Å². The molecule has 4 aromatic rings. The number of nitrogens with one attached hydrogen (secondary N) is 1. The lowest BCUT2D eigenvalue weighted by Gasteiger charge is -2.12. The molecular weight excluding hydrogens is 514 g/mol. The maximum atomic E-state index is 13.8. The van der Waals surface area contributed by atoms with E-state index in [-0.39, 0.29) is 27.4 Å². The van der Waals surface area contributed by atoms with E-state index in [2.05, 4.69) is 15.4 Å². The Balaban J connectivity index is 1.80. The van der Waals surface area contributed by atoms with Gasteiger partial charge in [0, 0.05) is 17.5 Å². The number of aromatic nitrogens is 3. The van der Waals surface area contributed by atoms with E-state index in [9.17, 15) is 39.6 Å². The van der Waals surface area contributed by atoms with E-state index >= 15 is 0 Å². The van der Waals surface area contributed by atoms with Crippen molar-refractivity contribution in [3.63, 3.8) is 0 Å². The predicted octanol–water partition coefficient (Wildman–Crippen LogP) is 5.09. The summed E-state index contributed by atoms with van der Waals surface area (Å²) in [6, 6.07) is 9.16. The minimum atomic E-state index is -4.94. The molecule has 188 valence electrons. The number of alkyl halides is 6. The van der Waals surface area contributed by atoms with Crippen molar-refractivity contribution < 1.29 is 39.6 Å². The van der Waals surface area contributed by atoms with E-state index in [1.165, 1.54) is 24.3 Å². The third-order valence-corrected chi connectivity index (χ3v) is 6.15. The first kappa shape index (κ1) is 25.2. The van der Waals surface area contributed by atoms with Gasteiger partial charge in [0.2, 0.25) is 0 Å². The number of fused-ring (bicyclic) bond motifs is 1. The zero-order chi connectivity index (χ0) is 26.5. The fourth-order valence-electron chi connectivity index (χ4n) is 3.31.